The van der Waals surface area contributed by atoms with Crippen LogP contribution in [-0.4, -0.2) is 38.5 Å². The molecule has 0 saturated heterocycles. The Kier molecular flexibility index (Phi) is 7.48. The molecule has 27 heavy (non-hydrogen) atoms. The lowest BCUT2D eigenvalue weighted by atomic mass is 10.1. The first-order valence-corrected chi connectivity index (χ1v) is 9.42. The number of hydrogen-bond donors (Lipinski definition) is 1. The molecule has 2 N–H and O–H groups in total. The number of nitrogens with zero attached hydrogens (tertiary/aromatic N) is 2. The molecular weight excluding hydrogens is 388 g/mol. The van der Waals surface area contributed by atoms with Crippen LogP contribution in [0.3, 0.4) is 0 Å². The van der Waals surface area contributed by atoms with Crippen molar-refractivity contribution in [1.82, 2.24) is 4.90 Å². The van der Waals surface area contributed by atoms with Crippen molar-refractivity contribution in [2.45, 2.75) is 19.5 Å². The predicted molar refractivity (Wildman–Crippen MR) is 109 cm³/mol. The largest absolute Gasteiger partial charge is 0.378 e. The van der Waals surface area contributed by atoms with Gasteiger partial charge in [0.05, 0.1) is 10.0 Å². The van der Waals surface area contributed by atoms with E-state index in [0.717, 1.165) is 11.3 Å². The van der Waals surface area contributed by atoms with E-state index in [0.29, 0.717) is 17.1 Å². The molecule has 2 aromatic carbocycles. The Hall–Kier alpha value is -1.82. The molecule has 0 saturated carbocycles. The number of rotatable bonds is 7. The molecule has 0 fully saturated rings. The van der Waals surface area contributed by atoms with Crippen molar-refractivity contribution >= 4 is 34.8 Å². The summed E-state index contributed by atoms with van der Waals surface area (Å²) in [5, 5.41) is 2.22. The lowest BCUT2D eigenvalue weighted by molar-refractivity contribution is -0.683. The predicted octanol–water partition coefficient (Wildman–Crippen LogP) is 3.48. The van der Waals surface area contributed by atoms with E-state index in [1.54, 1.807) is 11.9 Å². The number of carbonyl (C=O) groups is 1. The molecule has 0 aromatic heterocycles. The van der Waals surface area contributed by atoms with Gasteiger partial charge in [0.25, 0.3) is 5.91 Å². The van der Waals surface area contributed by atoms with Gasteiger partial charge >= 0.3 is 0 Å². The fourth-order valence-corrected chi connectivity index (χ4v) is 3.26. The Bertz CT molecular complexity index is 797. The first kappa shape index (κ1) is 21.5. The average molecular weight is 413 g/mol. The number of anilines is 1. The van der Waals surface area contributed by atoms with Crippen LogP contribution in [0.15, 0.2) is 36.4 Å². The third-order valence-corrected chi connectivity index (χ3v) is 5.09. The van der Waals surface area contributed by atoms with Crippen LogP contribution >= 0.6 is 23.2 Å². The molecule has 0 radical (unpaired) electrons. The normalized spacial score (nSPS) is 12.0. The highest BCUT2D eigenvalue weighted by atomic mass is 35.5. The fraction of sp³-hybridized carbons (Fsp3) is 0.350. The van der Waals surface area contributed by atoms with Crippen molar-refractivity contribution in [1.29, 1.82) is 0 Å². The Morgan fingerprint density at radius 2 is 1.74 bits per heavy atom. The number of carbonyl (C=O) groups excluding carboxylic acids is 1. The van der Waals surface area contributed by atoms with Gasteiger partial charge in [-0.1, -0.05) is 35.3 Å². The van der Waals surface area contributed by atoms with Crippen molar-refractivity contribution < 1.29 is 14.5 Å². The van der Waals surface area contributed by atoms with Crippen molar-refractivity contribution in [3.8, 4) is 0 Å². The van der Waals surface area contributed by atoms with Crippen molar-refractivity contribution in [2.75, 3.05) is 32.6 Å². The molecule has 0 aliphatic heterocycles. The molecule has 1 amide bonds. The molecule has 0 aliphatic rings. The number of benzene rings is 2. The van der Waals surface area contributed by atoms with Crippen LogP contribution in [-0.2, 0) is 11.3 Å². The molecule has 4 nitrogen and oxygen atoms in total. The van der Waals surface area contributed by atoms with E-state index >= 15 is 0 Å². The van der Waals surface area contributed by atoms with Gasteiger partial charge in [-0.3, -0.25) is 4.79 Å². The molecule has 7 heteroatoms. The van der Waals surface area contributed by atoms with E-state index in [1.807, 2.05) is 55.5 Å². The van der Waals surface area contributed by atoms with E-state index in [1.165, 1.54) is 12.1 Å². The molecule has 2 aromatic rings. The zero-order valence-electron chi connectivity index (χ0n) is 16.0. The van der Waals surface area contributed by atoms with Crippen LogP contribution in [0.2, 0.25) is 10.0 Å². The minimum Gasteiger partial charge on any atom is -0.378 e. The third kappa shape index (κ3) is 5.83. The quantitative estimate of drug-likeness (QED) is 0.707. The van der Waals surface area contributed by atoms with Crippen molar-refractivity contribution in [3.05, 3.63) is 63.4 Å². The number of nitrogens with two attached hydrogens (primary N) is 1. The monoisotopic (exact) mass is 412 g/mol. The van der Waals surface area contributed by atoms with E-state index in [9.17, 15) is 9.18 Å². The molecule has 0 spiro atoms. The van der Waals surface area contributed by atoms with E-state index in [-0.39, 0.29) is 23.5 Å². The number of quaternary nitrogens is 1. The van der Waals surface area contributed by atoms with Crippen molar-refractivity contribution in [3.63, 3.8) is 0 Å². The maximum Gasteiger partial charge on any atom is 0.277 e. The van der Waals surface area contributed by atoms with Gasteiger partial charge in [0, 0.05) is 38.9 Å². The molecule has 146 valence electrons. The summed E-state index contributed by atoms with van der Waals surface area (Å²) >= 11 is 11.9. The summed E-state index contributed by atoms with van der Waals surface area (Å²) in [5.74, 6) is -0.523. The Morgan fingerprint density at radius 3 is 2.33 bits per heavy atom. The first-order chi connectivity index (χ1) is 12.7. The van der Waals surface area contributed by atoms with Crippen LogP contribution in [0, 0.1) is 5.82 Å². The summed E-state index contributed by atoms with van der Waals surface area (Å²) < 4.78 is 13.7. The summed E-state index contributed by atoms with van der Waals surface area (Å²) in [5.41, 5.74) is 2.79. The maximum absolute atomic E-state index is 13.7. The second-order valence-electron chi connectivity index (χ2n) is 6.83. The summed E-state index contributed by atoms with van der Waals surface area (Å²) in [6, 6.07) is 10.6. The summed E-state index contributed by atoms with van der Waals surface area (Å²) in [7, 11) is 5.75. The lowest BCUT2D eigenvalue weighted by Crippen LogP contribution is -2.87. The Morgan fingerprint density at radius 1 is 1.11 bits per heavy atom. The first-order valence-electron chi connectivity index (χ1n) is 8.67. The van der Waals surface area contributed by atoms with Gasteiger partial charge in [-0.25, -0.2) is 4.39 Å². The maximum atomic E-state index is 13.7. The highest BCUT2D eigenvalue weighted by Gasteiger charge is 2.19. The van der Waals surface area contributed by atoms with Crippen LogP contribution in [0.25, 0.3) is 0 Å². The van der Waals surface area contributed by atoms with Gasteiger partial charge in [0.2, 0.25) is 0 Å². The molecule has 0 unspecified atom stereocenters. The summed E-state index contributed by atoms with van der Waals surface area (Å²) in [6.07, 6.45) is 0. The van der Waals surface area contributed by atoms with Gasteiger partial charge < -0.3 is 15.1 Å². The second kappa shape index (κ2) is 9.40. The fourth-order valence-electron chi connectivity index (χ4n) is 2.71. The van der Waals surface area contributed by atoms with Crippen LogP contribution < -0.4 is 10.2 Å². The summed E-state index contributed by atoms with van der Waals surface area (Å²) in [4.78, 5) is 16.1. The van der Waals surface area contributed by atoms with E-state index < -0.39 is 5.82 Å². The minimum absolute atomic E-state index is 0.00737. The minimum atomic E-state index is -0.513. The number of amides is 1. The smallest absolute Gasteiger partial charge is 0.277 e. The number of likely N-dealkylation sites (N-methyl/N-ethyl adjacent to an activating group) is 1. The number of hydrogen-bond acceptors (Lipinski definition) is 2. The molecule has 0 heterocycles. The molecule has 2 rings (SSSR count). The van der Waals surface area contributed by atoms with Gasteiger partial charge in [-0.2, -0.15) is 0 Å². The van der Waals surface area contributed by atoms with Crippen LogP contribution in [0.5, 0.6) is 0 Å². The Labute approximate surface area is 169 Å². The molecule has 0 aliphatic carbocycles. The molecule has 1 atom stereocenters. The van der Waals surface area contributed by atoms with Crippen molar-refractivity contribution in [2.24, 2.45) is 0 Å². The SMILES string of the molecule is C[C@@H]([NH2+]CC(=O)N(C)Cc1ccc(N(C)C)cc1)c1cc(F)c(Cl)cc1Cl. The third-order valence-electron chi connectivity index (χ3n) is 4.47. The van der Waals surface area contributed by atoms with Crippen LogP contribution in [0.4, 0.5) is 10.1 Å². The summed E-state index contributed by atoms with van der Waals surface area (Å²) in [6.45, 7) is 2.65. The zero-order valence-corrected chi connectivity index (χ0v) is 17.5. The van der Waals surface area contributed by atoms with Gasteiger partial charge in [0.15, 0.2) is 6.54 Å². The average Bonchev–Trinajstić information content (AvgIpc) is 2.62. The van der Waals surface area contributed by atoms with Gasteiger partial charge in [0.1, 0.15) is 11.9 Å². The van der Waals surface area contributed by atoms with E-state index in [2.05, 4.69) is 0 Å². The lowest BCUT2D eigenvalue weighted by Gasteiger charge is -2.19. The zero-order chi connectivity index (χ0) is 20.1. The Balaban J connectivity index is 1.91. The topological polar surface area (TPSA) is 40.2 Å². The number of halogens is 3. The van der Waals surface area contributed by atoms with Crippen LogP contribution in [0.1, 0.15) is 24.1 Å². The molecule has 0 bridgehead atoms. The molecular formula is C20H25Cl2FN3O+. The highest BCUT2D eigenvalue weighted by molar-refractivity contribution is 6.35. The highest BCUT2D eigenvalue weighted by Crippen LogP contribution is 2.27. The standard InChI is InChI=1S/C20H24Cl2FN3O/c1-13(16-9-19(23)18(22)10-17(16)21)24-11-20(27)26(4)12-14-5-7-15(8-6-14)25(2)3/h5-10,13,24H,11-12H2,1-4H3/p+1/t13-/m1/s1. The van der Waals surface area contributed by atoms with Gasteiger partial charge in [-0.05, 0) is 36.8 Å². The van der Waals surface area contributed by atoms with Gasteiger partial charge in [-0.15, -0.1) is 0 Å². The second-order valence-corrected chi connectivity index (χ2v) is 7.64. The van der Waals surface area contributed by atoms with E-state index in [4.69, 9.17) is 23.2 Å².